The fraction of sp³-hybridized carbons (Fsp3) is 0.636. The number of hydrogen-bond donors (Lipinski definition) is 1. The Morgan fingerprint density at radius 1 is 1.15 bits per heavy atom. The summed E-state index contributed by atoms with van der Waals surface area (Å²) in [5.41, 5.74) is 0.933. The molecule has 0 radical (unpaired) electrons. The van der Waals surface area contributed by atoms with Crippen LogP contribution in [0.5, 0.6) is 5.75 Å². The Morgan fingerprint density at radius 2 is 1.85 bits per heavy atom. The summed E-state index contributed by atoms with van der Waals surface area (Å²) in [5, 5.41) is 2.74. The number of carbonyl (C=O) groups is 2. The number of sulfonamides is 1. The van der Waals surface area contributed by atoms with Crippen LogP contribution >= 0.6 is 0 Å². The monoisotopic (exact) mass is 479 g/mol. The van der Waals surface area contributed by atoms with E-state index in [9.17, 15) is 18.0 Å². The van der Waals surface area contributed by atoms with Crippen molar-refractivity contribution in [2.45, 2.75) is 62.4 Å². The van der Waals surface area contributed by atoms with Gasteiger partial charge in [-0.1, -0.05) is 0 Å². The van der Waals surface area contributed by atoms with Crippen LogP contribution in [0.3, 0.4) is 0 Å². The number of ether oxygens (including phenoxy) is 3. The molecule has 2 amide bonds. The van der Waals surface area contributed by atoms with Crippen molar-refractivity contribution in [1.82, 2.24) is 9.21 Å². The van der Waals surface area contributed by atoms with Crippen molar-refractivity contribution >= 4 is 27.5 Å². The third-order valence-electron chi connectivity index (χ3n) is 6.93. The molecule has 0 saturated carbocycles. The van der Waals surface area contributed by atoms with Crippen LogP contribution in [0.4, 0.5) is 5.69 Å². The molecule has 4 aliphatic rings. The van der Waals surface area contributed by atoms with E-state index in [4.69, 9.17) is 14.2 Å². The maximum Gasteiger partial charge on any atom is 0.265 e. The first-order chi connectivity index (χ1) is 15.7. The lowest BCUT2D eigenvalue weighted by Gasteiger charge is -2.39. The van der Waals surface area contributed by atoms with E-state index in [2.05, 4.69) is 5.32 Å². The number of nitrogens with one attached hydrogen (secondary N) is 1. The van der Waals surface area contributed by atoms with Gasteiger partial charge in [0.1, 0.15) is 11.8 Å². The van der Waals surface area contributed by atoms with Crippen molar-refractivity contribution in [3.63, 3.8) is 0 Å². The number of benzene rings is 1. The minimum absolute atomic E-state index is 0.0923. The van der Waals surface area contributed by atoms with Crippen molar-refractivity contribution in [3.8, 4) is 5.75 Å². The number of hydrogen-bond acceptors (Lipinski definition) is 7. The molecular formula is C22H29N3O7S. The van der Waals surface area contributed by atoms with Gasteiger partial charge in [-0.25, -0.2) is 8.42 Å². The molecule has 33 heavy (non-hydrogen) atoms. The molecule has 4 aliphatic heterocycles. The molecule has 180 valence electrons. The van der Waals surface area contributed by atoms with Crippen LogP contribution in [0.2, 0.25) is 0 Å². The highest BCUT2D eigenvalue weighted by molar-refractivity contribution is 7.89. The van der Waals surface area contributed by atoms with Gasteiger partial charge in [0.05, 0.1) is 23.8 Å². The second kappa shape index (κ2) is 8.23. The standard InChI is InChI=1S/C22H29N3O7S/c1-14-12-16-18(32-15(2)20(26)23-16)13-19(14)33(28,29)25-7-3-4-17(25)21(27)24-8-5-22(6-9-24)30-10-11-31-22/h12-13,15,17H,3-11H2,1-2H3,(H,23,26)/t15-,17+/m0/s1. The number of carbonyl (C=O) groups excluding carboxylic acids is 2. The van der Waals surface area contributed by atoms with Gasteiger partial charge in [0.25, 0.3) is 5.91 Å². The highest BCUT2D eigenvalue weighted by Crippen LogP contribution is 2.38. The fourth-order valence-electron chi connectivity index (χ4n) is 5.09. The average molecular weight is 480 g/mol. The second-order valence-electron chi connectivity index (χ2n) is 9.07. The molecule has 1 aromatic rings. The van der Waals surface area contributed by atoms with Crippen LogP contribution in [-0.2, 0) is 29.1 Å². The summed E-state index contributed by atoms with van der Waals surface area (Å²) in [6.45, 7) is 5.65. The van der Waals surface area contributed by atoms with Gasteiger partial charge < -0.3 is 24.4 Å². The molecule has 0 bridgehead atoms. The van der Waals surface area contributed by atoms with E-state index in [1.807, 2.05) is 0 Å². The second-order valence-corrected chi connectivity index (χ2v) is 10.9. The zero-order chi connectivity index (χ0) is 23.4. The van der Waals surface area contributed by atoms with Gasteiger partial charge in [-0.15, -0.1) is 0 Å². The normalized spacial score (nSPS) is 27.3. The van der Waals surface area contributed by atoms with E-state index >= 15 is 0 Å². The predicted molar refractivity (Wildman–Crippen MR) is 117 cm³/mol. The predicted octanol–water partition coefficient (Wildman–Crippen LogP) is 1.23. The third kappa shape index (κ3) is 3.90. The van der Waals surface area contributed by atoms with Crippen LogP contribution in [0.25, 0.3) is 0 Å². The number of amides is 2. The lowest BCUT2D eigenvalue weighted by atomic mass is 10.0. The first kappa shape index (κ1) is 22.6. The summed E-state index contributed by atoms with van der Waals surface area (Å²) >= 11 is 0. The smallest absolute Gasteiger partial charge is 0.265 e. The topological polar surface area (TPSA) is 114 Å². The average Bonchev–Trinajstić information content (AvgIpc) is 3.45. The number of anilines is 1. The summed E-state index contributed by atoms with van der Waals surface area (Å²) in [6.07, 6.45) is 1.56. The zero-order valence-electron chi connectivity index (χ0n) is 18.8. The molecule has 1 N–H and O–H groups in total. The number of piperidine rings is 1. The highest BCUT2D eigenvalue weighted by Gasteiger charge is 2.45. The Kier molecular flexibility index (Phi) is 5.63. The summed E-state index contributed by atoms with van der Waals surface area (Å²) in [5.74, 6) is -0.729. The summed E-state index contributed by atoms with van der Waals surface area (Å²) in [4.78, 5) is 27.1. The molecule has 4 heterocycles. The van der Waals surface area contributed by atoms with E-state index in [0.717, 1.165) is 0 Å². The number of fused-ring (bicyclic) bond motifs is 1. The van der Waals surface area contributed by atoms with Gasteiger partial charge >= 0.3 is 0 Å². The quantitative estimate of drug-likeness (QED) is 0.694. The molecule has 10 nitrogen and oxygen atoms in total. The summed E-state index contributed by atoms with van der Waals surface area (Å²) in [7, 11) is -3.95. The van der Waals surface area contributed by atoms with Crippen LogP contribution in [0.1, 0.15) is 38.2 Å². The molecular weight excluding hydrogens is 450 g/mol. The van der Waals surface area contributed by atoms with Crippen molar-refractivity contribution < 1.29 is 32.2 Å². The molecule has 0 aromatic heterocycles. The van der Waals surface area contributed by atoms with E-state index in [-0.39, 0.29) is 23.3 Å². The van der Waals surface area contributed by atoms with Gasteiger partial charge in [-0.3, -0.25) is 9.59 Å². The Hall–Kier alpha value is -2.21. The Balaban J connectivity index is 1.36. The third-order valence-corrected chi connectivity index (χ3v) is 8.98. The maximum atomic E-state index is 13.7. The van der Waals surface area contributed by atoms with Crippen LogP contribution < -0.4 is 10.1 Å². The van der Waals surface area contributed by atoms with Crippen LogP contribution in [-0.4, -0.2) is 80.2 Å². The van der Waals surface area contributed by atoms with Crippen LogP contribution in [0.15, 0.2) is 17.0 Å². The lowest BCUT2D eigenvalue weighted by Crippen LogP contribution is -2.53. The lowest BCUT2D eigenvalue weighted by molar-refractivity contribution is -0.188. The molecule has 1 aromatic carbocycles. The summed E-state index contributed by atoms with van der Waals surface area (Å²) < 4.78 is 45.7. The Bertz CT molecular complexity index is 1070. The number of likely N-dealkylation sites (tertiary alicyclic amines) is 1. The molecule has 3 saturated heterocycles. The minimum Gasteiger partial charge on any atom is -0.479 e. The maximum absolute atomic E-state index is 13.7. The highest BCUT2D eigenvalue weighted by atomic mass is 32.2. The van der Waals surface area contributed by atoms with Crippen LogP contribution in [0, 0.1) is 6.92 Å². The van der Waals surface area contributed by atoms with Gasteiger partial charge in [-0.05, 0) is 38.3 Å². The van der Waals surface area contributed by atoms with Crippen molar-refractivity contribution in [2.24, 2.45) is 0 Å². The molecule has 1 spiro atoms. The van der Waals surface area contributed by atoms with Crippen molar-refractivity contribution in [3.05, 3.63) is 17.7 Å². The molecule has 0 unspecified atom stereocenters. The first-order valence-electron chi connectivity index (χ1n) is 11.4. The molecule has 2 atom stereocenters. The van der Waals surface area contributed by atoms with E-state index in [1.54, 1.807) is 24.8 Å². The van der Waals surface area contributed by atoms with Crippen molar-refractivity contribution in [1.29, 1.82) is 0 Å². The molecule has 5 rings (SSSR count). The minimum atomic E-state index is -3.95. The largest absolute Gasteiger partial charge is 0.479 e. The number of rotatable bonds is 3. The van der Waals surface area contributed by atoms with Gasteiger partial charge in [0.15, 0.2) is 11.9 Å². The fourth-order valence-corrected chi connectivity index (χ4v) is 6.96. The first-order valence-corrected chi connectivity index (χ1v) is 12.8. The van der Waals surface area contributed by atoms with Gasteiger partial charge in [-0.2, -0.15) is 4.31 Å². The van der Waals surface area contributed by atoms with E-state index in [0.29, 0.717) is 69.0 Å². The molecule has 3 fully saturated rings. The zero-order valence-corrected chi connectivity index (χ0v) is 19.7. The van der Waals surface area contributed by atoms with Crippen molar-refractivity contribution in [2.75, 3.05) is 38.2 Å². The Morgan fingerprint density at radius 3 is 2.55 bits per heavy atom. The van der Waals surface area contributed by atoms with E-state index < -0.39 is 28.0 Å². The van der Waals surface area contributed by atoms with Gasteiger partial charge in [0.2, 0.25) is 15.9 Å². The molecule has 0 aliphatic carbocycles. The SMILES string of the molecule is Cc1cc2c(cc1S(=O)(=O)N1CCC[C@@H]1C(=O)N1CCC3(CC1)OCCO3)O[C@@H](C)C(=O)N2. The number of nitrogens with zero attached hydrogens (tertiary/aromatic N) is 2. The number of aryl methyl sites for hydroxylation is 1. The van der Waals surface area contributed by atoms with E-state index in [1.165, 1.54) is 10.4 Å². The Labute approximate surface area is 193 Å². The molecule has 11 heteroatoms. The summed E-state index contributed by atoms with van der Waals surface area (Å²) in [6, 6.07) is 2.32. The van der Waals surface area contributed by atoms with Gasteiger partial charge in [0, 0.05) is 38.5 Å².